The van der Waals surface area contributed by atoms with Crippen LogP contribution in [-0.2, 0) is 9.53 Å². The molecule has 1 aliphatic heterocycles. The van der Waals surface area contributed by atoms with Gasteiger partial charge < -0.3 is 20.7 Å². The Morgan fingerprint density at radius 3 is 2.31 bits per heavy atom. The van der Waals surface area contributed by atoms with Crippen molar-refractivity contribution in [1.82, 2.24) is 10.2 Å². The first kappa shape index (κ1) is 27.4. The van der Waals surface area contributed by atoms with E-state index in [0.717, 1.165) is 38.4 Å². The third-order valence-electron chi connectivity index (χ3n) is 3.97. The van der Waals surface area contributed by atoms with Gasteiger partial charge in [0.2, 0.25) is 5.91 Å². The van der Waals surface area contributed by atoms with Gasteiger partial charge in [0.05, 0.1) is 6.61 Å². The second-order valence-corrected chi connectivity index (χ2v) is 5.66. The number of hydrogen-bond acceptors (Lipinski definition) is 5. The maximum Gasteiger partial charge on any atom is 0.239 e. The van der Waals surface area contributed by atoms with Crippen molar-refractivity contribution in [3.8, 4) is 0 Å². The van der Waals surface area contributed by atoms with Gasteiger partial charge in [-0.05, 0) is 24.3 Å². The topological polar surface area (TPSA) is 70.8 Å². The van der Waals surface area contributed by atoms with E-state index in [1.807, 2.05) is 12.1 Å². The number of ether oxygens (including phenoxy) is 1. The van der Waals surface area contributed by atoms with Crippen LogP contribution in [0.3, 0.4) is 0 Å². The summed E-state index contributed by atoms with van der Waals surface area (Å²) in [6.45, 7) is 5.21. The number of benzene rings is 1. The average molecular weight is 434 g/mol. The number of nitrogens with one attached hydrogen (secondary N) is 1. The lowest BCUT2D eigenvalue weighted by atomic mass is 10.2. The molecule has 2 rings (SSSR count). The molecule has 1 aromatic rings. The lowest BCUT2D eigenvalue weighted by molar-refractivity contribution is -0.123. The monoisotopic (exact) mass is 432 g/mol. The van der Waals surface area contributed by atoms with Gasteiger partial charge in [-0.2, -0.15) is 0 Å². The summed E-state index contributed by atoms with van der Waals surface area (Å²) in [5, 5.41) is 2.82. The Morgan fingerprint density at radius 1 is 1.19 bits per heavy atom. The summed E-state index contributed by atoms with van der Waals surface area (Å²) in [5.74, 6) is -0.397. The molecule has 0 aromatic heterocycles. The zero-order chi connectivity index (χ0) is 16.7. The number of carbonyl (C=O) groups excluding carboxylic acids is 1. The molecular formula is C16H28Cl3FN4O2. The molecule has 0 radical (unpaired) electrons. The van der Waals surface area contributed by atoms with E-state index in [9.17, 15) is 9.18 Å². The number of amides is 1. The van der Waals surface area contributed by atoms with E-state index in [4.69, 9.17) is 10.5 Å². The zero-order valence-corrected chi connectivity index (χ0v) is 17.2. The molecule has 10 heteroatoms. The highest BCUT2D eigenvalue weighted by molar-refractivity contribution is 5.86. The number of methoxy groups -OCH3 is 1. The van der Waals surface area contributed by atoms with E-state index in [1.165, 1.54) is 19.2 Å². The van der Waals surface area contributed by atoms with Crippen LogP contribution in [0.5, 0.6) is 0 Å². The number of carbonyl (C=O) groups is 1. The minimum absolute atomic E-state index is 0. The number of anilines is 1. The van der Waals surface area contributed by atoms with Crippen LogP contribution in [0.1, 0.15) is 0 Å². The molecule has 0 aliphatic carbocycles. The molecule has 1 heterocycles. The molecule has 1 aliphatic rings. The largest absolute Gasteiger partial charge is 0.383 e. The number of nitrogens with zero attached hydrogens (tertiary/aromatic N) is 2. The summed E-state index contributed by atoms with van der Waals surface area (Å²) < 4.78 is 17.8. The second kappa shape index (κ2) is 14.3. The van der Waals surface area contributed by atoms with Gasteiger partial charge in [-0.3, -0.25) is 9.69 Å². The highest BCUT2D eigenvalue weighted by atomic mass is 35.5. The lowest BCUT2D eigenvalue weighted by Gasteiger charge is -2.36. The predicted octanol–water partition coefficient (Wildman–Crippen LogP) is 1.30. The van der Waals surface area contributed by atoms with Crippen LogP contribution in [0.15, 0.2) is 24.3 Å². The summed E-state index contributed by atoms with van der Waals surface area (Å²) in [4.78, 5) is 16.2. The molecule has 26 heavy (non-hydrogen) atoms. The average Bonchev–Trinajstić information content (AvgIpc) is 2.56. The predicted molar refractivity (Wildman–Crippen MR) is 110 cm³/mol. The molecule has 152 valence electrons. The van der Waals surface area contributed by atoms with Crippen molar-refractivity contribution in [1.29, 1.82) is 0 Å². The number of rotatable bonds is 7. The van der Waals surface area contributed by atoms with Crippen LogP contribution < -0.4 is 16.0 Å². The van der Waals surface area contributed by atoms with Gasteiger partial charge in [-0.15, -0.1) is 37.2 Å². The number of piperazine rings is 1. The van der Waals surface area contributed by atoms with E-state index in [-0.39, 0.29) is 55.6 Å². The number of hydrogen-bond donors (Lipinski definition) is 2. The minimum atomic E-state index is -0.615. The summed E-state index contributed by atoms with van der Waals surface area (Å²) in [5.41, 5.74) is 6.70. The first-order valence-electron chi connectivity index (χ1n) is 7.85. The Morgan fingerprint density at radius 2 is 1.77 bits per heavy atom. The Labute approximate surface area is 172 Å². The van der Waals surface area contributed by atoms with Crippen LogP contribution in [0.2, 0.25) is 0 Å². The Hall–Kier alpha value is -0.830. The van der Waals surface area contributed by atoms with E-state index in [2.05, 4.69) is 15.1 Å². The van der Waals surface area contributed by atoms with Crippen molar-refractivity contribution in [2.24, 2.45) is 5.73 Å². The van der Waals surface area contributed by atoms with Crippen LogP contribution in [-0.4, -0.2) is 69.8 Å². The molecule has 1 fully saturated rings. The SMILES string of the molecule is COCC(N)C(=O)NCCN1CCN(c2ccc(F)cc2)CC1.Cl.Cl.Cl. The standard InChI is InChI=1S/C16H25FN4O2.3ClH/c1-23-12-15(18)16(22)19-6-7-20-8-10-21(11-9-20)14-4-2-13(17)3-5-14;;;/h2-5,15H,6-12,18H2,1H3,(H,19,22);3*1H. The molecule has 0 bridgehead atoms. The maximum atomic E-state index is 12.9. The highest BCUT2D eigenvalue weighted by Crippen LogP contribution is 2.16. The normalized spacial score (nSPS) is 15.1. The van der Waals surface area contributed by atoms with Crippen LogP contribution in [0.25, 0.3) is 0 Å². The smallest absolute Gasteiger partial charge is 0.239 e. The van der Waals surface area contributed by atoms with Crippen molar-refractivity contribution in [3.63, 3.8) is 0 Å². The Balaban J connectivity index is 0. The van der Waals surface area contributed by atoms with Crippen LogP contribution in [0.4, 0.5) is 10.1 Å². The fraction of sp³-hybridized carbons (Fsp3) is 0.562. The van der Waals surface area contributed by atoms with Gasteiger partial charge >= 0.3 is 0 Å². The first-order chi connectivity index (χ1) is 11.1. The quantitative estimate of drug-likeness (QED) is 0.678. The van der Waals surface area contributed by atoms with Crippen LogP contribution in [0, 0.1) is 5.82 Å². The third-order valence-corrected chi connectivity index (χ3v) is 3.97. The van der Waals surface area contributed by atoms with Crippen molar-refractivity contribution >= 4 is 48.8 Å². The zero-order valence-electron chi connectivity index (χ0n) is 14.7. The maximum absolute atomic E-state index is 12.9. The molecule has 1 atom stereocenters. The Bertz CT molecular complexity index is 503. The van der Waals surface area contributed by atoms with Crippen molar-refractivity contribution in [3.05, 3.63) is 30.1 Å². The first-order valence-corrected chi connectivity index (χ1v) is 7.85. The van der Waals surface area contributed by atoms with Gasteiger partial charge in [0.25, 0.3) is 0 Å². The van der Waals surface area contributed by atoms with E-state index < -0.39 is 6.04 Å². The Kier molecular flexibility index (Phi) is 15.0. The summed E-state index contributed by atoms with van der Waals surface area (Å²) >= 11 is 0. The van der Waals surface area contributed by atoms with E-state index >= 15 is 0 Å². The van der Waals surface area contributed by atoms with Gasteiger partial charge in [0.15, 0.2) is 0 Å². The molecule has 1 amide bonds. The molecule has 0 spiro atoms. The fourth-order valence-corrected chi connectivity index (χ4v) is 2.61. The van der Waals surface area contributed by atoms with Crippen molar-refractivity contribution in [2.45, 2.75) is 6.04 Å². The minimum Gasteiger partial charge on any atom is -0.383 e. The molecule has 1 saturated heterocycles. The molecule has 6 nitrogen and oxygen atoms in total. The molecule has 1 aromatic carbocycles. The molecule has 1 unspecified atom stereocenters. The molecular weight excluding hydrogens is 406 g/mol. The van der Waals surface area contributed by atoms with Crippen molar-refractivity contribution < 1.29 is 13.9 Å². The van der Waals surface area contributed by atoms with Gasteiger partial charge in [0, 0.05) is 52.1 Å². The summed E-state index contributed by atoms with van der Waals surface area (Å²) in [6, 6.07) is 5.97. The molecule has 3 N–H and O–H groups in total. The summed E-state index contributed by atoms with van der Waals surface area (Å²) in [7, 11) is 1.52. The highest BCUT2D eigenvalue weighted by Gasteiger charge is 2.18. The third kappa shape index (κ3) is 8.70. The van der Waals surface area contributed by atoms with Crippen LogP contribution >= 0.6 is 37.2 Å². The summed E-state index contributed by atoms with van der Waals surface area (Å²) in [6.07, 6.45) is 0. The van der Waals surface area contributed by atoms with Gasteiger partial charge in [0.1, 0.15) is 11.9 Å². The lowest BCUT2D eigenvalue weighted by Crippen LogP contribution is -2.50. The number of nitrogens with two attached hydrogens (primary N) is 1. The fourth-order valence-electron chi connectivity index (χ4n) is 2.61. The van der Waals surface area contributed by atoms with E-state index in [0.29, 0.717) is 6.54 Å². The van der Waals surface area contributed by atoms with Crippen molar-refractivity contribution in [2.75, 3.05) is 57.9 Å². The van der Waals surface area contributed by atoms with E-state index in [1.54, 1.807) is 0 Å². The number of halogens is 4. The van der Waals surface area contributed by atoms with Gasteiger partial charge in [-0.25, -0.2) is 4.39 Å². The molecule has 0 saturated carbocycles. The van der Waals surface area contributed by atoms with Gasteiger partial charge in [-0.1, -0.05) is 0 Å². The second-order valence-electron chi connectivity index (χ2n) is 5.66.